The molecule has 106 valence electrons. The van der Waals surface area contributed by atoms with Gasteiger partial charge in [0.1, 0.15) is 0 Å². The maximum atomic E-state index is 10.6. The number of hydrogen-bond acceptors (Lipinski definition) is 6. The third-order valence-corrected chi connectivity index (χ3v) is 4.48. The fourth-order valence-electron chi connectivity index (χ4n) is 2.45. The molecule has 2 rings (SSSR count). The van der Waals surface area contributed by atoms with E-state index in [1.54, 1.807) is 0 Å². The zero-order valence-corrected chi connectivity index (χ0v) is 11.9. The van der Waals surface area contributed by atoms with Crippen molar-refractivity contribution in [3.8, 4) is 0 Å². The van der Waals surface area contributed by atoms with Crippen molar-refractivity contribution in [3.63, 3.8) is 0 Å². The Labute approximate surface area is 115 Å². The number of aromatic nitrogens is 3. The molecule has 0 spiro atoms. The second-order valence-electron chi connectivity index (χ2n) is 4.82. The number of carbonyl (C=O) groups is 1. The normalized spacial score (nSPS) is 30.7. The molecule has 1 aromatic rings. The van der Waals surface area contributed by atoms with E-state index in [-0.39, 0.29) is 23.9 Å². The number of aliphatic carboxylic acids is 1. The van der Waals surface area contributed by atoms with Crippen LogP contribution in [0.15, 0.2) is 5.16 Å². The van der Waals surface area contributed by atoms with Gasteiger partial charge in [0.25, 0.3) is 0 Å². The van der Waals surface area contributed by atoms with Gasteiger partial charge in [-0.2, -0.15) is 0 Å². The van der Waals surface area contributed by atoms with E-state index in [0.717, 1.165) is 11.8 Å². The van der Waals surface area contributed by atoms with E-state index in [0.29, 0.717) is 16.9 Å². The van der Waals surface area contributed by atoms with E-state index in [1.165, 1.54) is 4.68 Å². The molecule has 0 aromatic carbocycles. The average Bonchev–Trinajstić information content (AvgIpc) is 2.79. The molecule has 4 unspecified atom stereocenters. The van der Waals surface area contributed by atoms with E-state index in [9.17, 15) is 4.79 Å². The summed E-state index contributed by atoms with van der Waals surface area (Å²) in [5.41, 5.74) is 0. The third-order valence-electron chi connectivity index (χ3n) is 3.56. The maximum Gasteiger partial charge on any atom is 0.313 e. The molecule has 4 atom stereocenters. The zero-order valence-electron chi connectivity index (χ0n) is 11.1. The molecule has 0 amide bonds. The molecule has 2 heterocycles. The van der Waals surface area contributed by atoms with Crippen LogP contribution in [-0.2, 0) is 9.53 Å². The summed E-state index contributed by atoms with van der Waals surface area (Å²) in [5, 5.41) is 17.1. The van der Waals surface area contributed by atoms with Crippen LogP contribution in [-0.4, -0.2) is 43.9 Å². The third kappa shape index (κ3) is 2.69. The standard InChI is InChI=1S/C11H18N4O3S/c1-5-6(2)18-7(3)9(5)10-13-14-11(15(10)12)19-4-8(16)17/h5-7,9H,4,12H2,1-3H3,(H,16,17). The lowest BCUT2D eigenvalue weighted by atomic mass is 9.89. The number of hydrogen-bond donors (Lipinski definition) is 2. The predicted molar refractivity (Wildman–Crippen MR) is 70.4 cm³/mol. The van der Waals surface area contributed by atoms with E-state index in [4.69, 9.17) is 15.7 Å². The number of nitrogens with two attached hydrogens (primary N) is 1. The molecule has 19 heavy (non-hydrogen) atoms. The molecule has 1 saturated heterocycles. The van der Waals surface area contributed by atoms with Crippen LogP contribution in [0.1, 0.15) is 32.5 Å². The summed E-state index contributed by atoms with van der Waals surface area (Å²) in [5.74, 6) is 5.98. The molecule has 1 aliphatic rings. The van der Waals surface area contributed by atoms with Crippen LogP contribution in [0.2, 0.25) is 0 Å². The SMILES string of the molecule is CC1OC(C)C(c2nnc(SCC(=O)O)n2N)C1C. The summed E-state index contributed by atoms with van der Waals surface area (Å²) in [6.07, 6.45) is 0.167. The van der Waals surface area contributed by atoms with Gasteiger partial charge in [-0.3, -0.25) is 4.79 Å². The van der Waals surface area contributed by atoms with Crippen molar-refractivity contribution in [1.29, 1.82) is 0 Å². The summed E-state index contributed by atoms with van der Waals surface area (Å²) in [4.78, 5) is 10.6. The Hall–Kier alpha value is -1.28. The van der Waals surface area contributed by atoms with Gasteiger partial charge in [-0.1, -0.05) is 18.7 Å². The van der Waals surface area contributed by atoms with E-state index in [1.807, 2.05) is 13.8 Å². The fourth-order valence-corrected chi connectivity index (χ4v) is 3.04. The van der Waals surface area contributed by atoms with Crippen molar-refractivity contribution in [1.82, 2.24) is 14.9 Å². The Morgan fingerprint density at radius 2 is 2.11 bits per heavy atom. The van der Waals surface area contributed by atoms with Crippen LogP contribution in [0.4, 0.5) is 0 Å². The van der Waals surface area contributed by atoms with Gasteiger partial charge >= 0.3 is 5.97 Å². The second kappa shape index (κ2) is 5.38. The van der Waals surface area contributed by atoms with Gasteiger partial charge in [-0.25, -0.2) is 4.68 Å². The number of nitrogen functional groups attached to an aromatic ring is 1. The van der Waals surface area contributed by atoms with Gasteiger partial charge in [0.05, 0.1) is 23.9 Å². The fraction of sp³-hybridized carbons (Fsp3) is 0.727. The zero-order chi connectivity index (χ0) is 14.2. The van der Waals surface area contributed by atoms with Crippen LogP contribution in [0.3, 0.4) is 0 Å². The molecule has 1 fully saturated rings. The van der Waals surface area contributed by atoms with Crippen molar-refractivity contribution in [2.24, 2.45) is 5.92 Å². The summed E-state index contributed by atoms with van der Waals surface area (Å²) >= 11 is 1.06. The first-order valence-electron chi connectivity index (χ1n) is 6.12. The summed E-state index contributed by atoms with van der Waals surface area (Å²) in [7, 11) is 0. The smallest absolute Gasteiger partial charge is 0.313 e. The minimum absolute atomic E-state index is 0.0221. The highest BCUT2D eigenvalue weighted by Crippen LogP contribution is 2.39. The van der Waals surface area contributed by atoms with Gasteiger partial charge in [0.2, 0.25) is 5.16 Å². The molecule has 0 radical (unpaired) electrons. The Bertz CT molecular complexity index is 479. The highest BCUT2D eigenvalue weighted by atomic mass is 32.2. The highest BCUT2D eigenvalue weighted by molar-refractivity contribution is 7.99. The molecule has 7 nitrogen and oxygen atoms in total. The van der Waals surface area contributed by atoms with Crippen LogP contribution in [0.5, 0.6) is 0 Å². The van der Waals surface area contributed by atoms with Crippen LogP contribution in [0, 0.1) is 5.92 Å². The molecule has 8 heteroatoms. The topological polar surface area (TPSA) is 103 Å². The summed E-state index contributed by atoms with van der Waals surface area (Å²) in [6, 6.07) is 0. The minimum atomic E-state index is -0.908. The largest absolute Gasteiger partial charge is 0.481 e. The molecule has 1 aliphatic heterocycles. The van der Waals surface area contributed by atoms with Gasteiger partial charge in [0, 0.05) is 0 Å². The molecular formula is C11H18N4O3S. The number of nitrogens with zero attached hydrogens (tertiary/aromatic N) is 3. The number of ether oxygens (including phenoxy) is 1. The first kappa shape index (κ1) is 14.1. The molecule has 0 saturated carbocycles. The van der Waals surface area contributed by atoms with Crippen LogP contribution < -0.4 is 5.84 Å². The molecule has 1 aromatic heterocycles. The van der Waals surface area contributed by atoms with Crippen LogP contribution >= 0.6 is 11.8 Å². The van der Waals surface area contributed by atoms with Gasteiger partial charge in [-0.05, 0) is 19.8 Å². The minimum Gasteiger partial charge on any atom is -0.481 e. The summed E-state index contributed by atoms with van der Waals surface area (Å²) in [6.45, 7) is 6.11. The Morgan fingerprint density at radius 3 is 2.63 bits per heavy atom. The van der Waals surface area contributed by atoms with Crippen molar-refractivity contribution in [2.45, 2.75) is 44.1 Å². The molecule has 0 aliphatic carbocycles. The monoisotopic (exact) mass is 286 g/mol. The number of carboxylic acids is 1. The van der Waals surface area contributed by atoms with Gasteiger partial charge in [0.15, 0.2) is 5.82 Å². The van der Waals surface area contributed by atoms with Gasteiger partial charge in [-0.15, -0.1) is 10.2 Å². The predicted octanol–water partition coefficient (Wildman–Crippen LogP) is 0.696. The number of carboxylic acid groups (broad SMARTS) is 1. The van der Waals surface area contributed by atoms with Crippen LogP contribution in [0.25, 0.3) is 0 Å². The quantitative estimate of drug-likeness (QED) is 0.620. The number of rotatable bonds is 4. The van der Waals surface area contributed by atoms with Crippen molar-refractivity contribution in [3.05, 3.63) is 5.82 Å². The maximum absolute atomic E-state index is 10.6. The van der Waals surface area contributed by atoms with Crippen molar-refractivity contribution >= 4 is 17.7 Å². The summed E-state index contributed by atoms with van der Waals surface area (Å²) < 4.78 is 7.15. The average molecular weight is 286 g/mol. The molecule has 0 bridgehead atoms. The first-order valence-corrected chi connectivity index (χ1v) is 7.10. The van der Waals surface area contributed by atoms with E-state index >= 15 is 0 Å². The van der Waals surface area contributed by atoms with E-state index in [2.05, 4.69) is 17.1 Å². The lowest BCUT2D eigenvalue weighted by Crippen LogP contribution is -2.24. The molecule has 3 N–H and O–H groups in total. The van der Waals surface area contributed by atoms with Crippen molar-refractivity contribution < 1.29 is 14.6 Å². The lowest BCUT2D eigenvalue weighted by molar-refractivity contribution is -0.133. The Balaban J connectivity index is 2.19. The van der Waals surface area contributed by atoms with Crippen molar-refractivity contribution in [2.75, 3.05) is 11.6 Å². The lowest BCUT2D eigenvalue weighted by Gasteiger charge is -2.17. The van der Waals surface area contributed by atoms with Gasteiger partial charge < -0.3 is 15.7 Å². The Morgan fingerprint density at radius 1 is 1.42 bits per heavy atom. The number of thioether (sulfide) groups is 1. The molecular weight excluding hydrogens is 268 g/mol. The second-order valence-corrected chi connectivity index (χ2v) is 5.77. The first-order chi connectivity index (χ1) is 8.91. The van der Waals surface area contributed by atoms with E-state index < -0.39 is 5.97 Å². The Kier molecular flexibility index (Phi) is 4.00. The highest BCUT2D eigenvalue weighted by Gasteiger charge is 2.41.